The summed E-state index contributed by atoms with van der Waals surface area (Å²) in [5.41, 5.74) is 2.66. The van der Waals surface area contributed by atoms with Gasteiger partial charge < -0.3 is 10.1 Å². The summed E-state index contributed by atoms with van der Waals surface area (Å²) >= 11 is 0. The molecule has 0 unspecified atom stereocenters. The molecule has 2 rings (SSSR count). The number of Topliss-reactive ketones (excluding diaryl/α,β-unsaturated/α-hetero) is 1. The van der Waals surface area contributed by atoms with Gasteiger partial charge in [0, 0.05) is 36.3 Å². The van der Waals surface area contributed by atoms with Gasteiger partial charge in [0.25, 0.3) is 12.3 Å². The predicted octanol–water partition coefficient (Wildman–Crippen LogP) is 3.73. The molecule has 0 aliphatic rings. The zero-order valence-corrected chi connectivity index (χ0v) is 16.2. The quantitative estimate of drug-likeness (QED) is 0.708. The van der Waals surface area contributed by atoms with Gasteiger partial charge in [-0.2, -0.15) is 0 Å². The number of amides is 1. The number of carbonyl (C=O) groups excluding carboxylic acids is 2. The lowest BCUT2D eigenvalue weighted by atomic mass is 10.0. The molecule has 0 aliphatic carbocycles. The van der Waals surface area contributed by atoms with E-state index in [2.05, 4.69) is 10.3 Å². The van der Waals surface area contributed by atoms with Crippen molar-refractivity contribution in [1.82, 2.24) is 10.3 Å². The molecule has 0 aliphatic heterocycles. The maximum atomic E-state index is 12.4. The second kappa shape index (κ2) is 9.92. The third-order valence-corrected chi connectivity index (χ3v) is 4.21. The zero-order valence-electron chi connectivity index (χ0n) is 16.2. The number of halogens is 2. The average Bonchev–Trinajstić information content (AvgIpc) is 2.65. The molecule has 0 radical (unpaired) electrons. The van der Waals surface area contributed by atoms with Crippen LogP contribution in [0.3, 0.4) is 0 Å². The van der Waals surface area contributed by atoms with Gasteiger partial charge in [0.05, 0.1) is 0 Å². The van der Waals surface area contributed by atoms with Crippen LogP contribution in [0.2, 0.25) is 0 Å². The number of nitrogens with one attached hydrogen (secondary N) is 1. The Morgan fingerprint density at radius 1 is 1.18 bits per heavy atom. The Kier molecular flexibility index (Phi) is 7.61. The smallest absolute Gasteiger partial charge is 0.272 e. The maximum Gasteiger partial charge on any atom is 0.272 e. The standard InChI is InChI=1S/C21H24F2N2O3/c1-13(2)19(26)10-17-9-15(6-7-24-17)21(27)25-11-16-4-5-18(8-14(16)3)28-12-20(22)23/h4-9,13,20H,10-12H2,1-3H3,(H,25,27). The highest BCUT2D eigenvalue weighted by molar-refractivity contribution is 5.94. The molecular formula is C21H24F2N2O3. The molecule has 0 saturated heterocycles. The first-order chi connectivity index (χ1) is 13.3. The molecule has 0 spiro atoms. The van der Waals surface area contributed by atoms with E-state index in [4.69, 9.17) is 4.74 Å². The van der Waals surface area contributed by atoms with Crippen LogP contribution in [0.15, 0.2) is 36.5 Å². The lowest BCUT2D eigenvalue weighted by Crippen LogP contribution is -2.23. The number of rotatable bonds is 9. The number of ether oxygens (including phenoxy) is 1. The number of carbonyl (C=O) groups is 2. The van der Waals surface area contributed by atoms with Crippen molar-refractivity contribution in [3.8, 4) is 5.75 Å². The highest BCUT2D eigenvalue weighted by Gasteiger charge is 2.12. The predicted molar refractivity (Wildman–Crippen MR) is 102 cm³/mol. The van der Waals surface area contributed by atoms with E-state index in [0.717, 1.165) is 11.1 Å². The number of pyridine rings is 1. The first kappa shape index (κ1) is 21.5. The summed E-state index contributed by atoms with van der Waals surface area (Å²) in [6.07, 6.45) is -0.823. The topological polar surface area (TPSA) is 68.3 Å². The number of ketones is 1. The molecule has 1 heterocycles. The minimum atomic E-state index is -2.53. The fourth-order valence-corrected chi connectivity index (χ4v) is 2.49. The second-order valence-electron chi connectivity index (χ2n) is 6.81. The van der Waals surface area contributed by atoms with Gasteiger partial charge in [0.15, 0.2) is 0 Å². The highest BCUT2D eigenvalue weighted by atomic mass is 19.3. The molecule has 7 heteroatoms. The molecular weight excluding hydrogens is 366 g/mol. The molecule has 1 amide bonds. The first-order valence-corrected chi connectivity index (χ1v) is 9.02. The van der Waals surface area contributed by atoms with E-state index in [1.807, 2.05) is 20.8 Å². The number of alkyl halides is 2. The molecule has 0 fully saturated rings. The van der Waals surface area contributed by atoms with Gasteiger partial charge in [0.1, 0.15) is 18.1 Å². The SMILES string of the molecule is Cc1cc(OCC(F)F)ccc1CNC(=O)c1ccnc(CC(=O)C(C)C)c1. The van der Waals surface area contributed by atoms with Gasteiger partial charge in [0.2, 0.25) is 0 Å². The van der Waals surface area contributed by atoms with E-state index in [-0.39, 0.29) is 30.6 Å². The van der Waals surface area contributed by atoms with E-state index in [1.165, 1.54) is 6.20 Å². The van der Waals surface area contributed by atoms with E-state index >= 15 is 0 Å². The van der Waals surface area contributed by atoms with E-state index in [0.29, 0.717) is 17.0 Å². The highest BCUT2D eigenvalue weighted by Crippen LogP contribution is 2.18. The zero-order chi connectivity index (χ0) is 20.7. The van der Waals surface area contributed by atoms with Crippen LogP contribution in [0, 0.1) is 12.8 Å². The minimum absolute atomic E-state index is 0.0647. The summed E-state index contributed by atoms with van der Waals surface area (Å²) in [7, 11) is 0. The fraction of sp³-hybridized carbons (Fsp3) is 0.381. The van der Waals surface area contributed by atoms with Crippen LogP contribution in [-0.2, 0) is 17.8 Å². The summed E-state index contributed by atoms with van der Waals surface area (Å²) in [5.74, 6) is 0.0595. The van der Waals surface area contributed by atoms with Crippen molar-refractivity contribution < 1.29 is 23.1 Å². The molecule has 0 bridgehead atoms. The summed E-state index contributed by atoms with van der Waals surface area (Å²) < 4.78 is 29.4. The Morgan fingerprint density at radius 2 is 1.93 bits per heavy atom. The number of benzene rings is 1. The second-order valence-corrected chi connectivity index (χ2v) is 6.81. The Balaban J connectivity index is 1.97. The van der Waals surface area contributed by atoms with Crippen molar-refractivity contribution in [2.75, 3.05) is 6.61 Å². The molecule has 5 nitrogen and oxygen atoms in total. The van der Waals surface area contributed by atoms with E-state index < -0.39 is 13.0 Å². The van der Waals surface area contributed by atoms with Crippen molar-refractivity contribution in [2.45, 2.75) is 40.2 Å². The van der Waals surface area contributed by atoms with Gasteiger partial charge in [-0.05, 0) is 42.3 Å². The minimum Gasteiger partial charge on any atom is -0.488 e. The summed E-state index contributed by atoms with van der Waals surface area (Å²) in [6.45, 7) is 5.09. The third-order valence-electron chi connectivity index (χ3n) is 4.21. The van der Waals surface area contributed by atoms with Crippen LogP contribution < -0.4 is 10.1 Å². The normalized spacial score (nSPS) is 11.0. The Labute approximate surface area is 163 Å². The van der Waals surface area contributed by atoms with Crippen molar-refractivity contribution in [1.29, 1.82) is 0 Å². The summed E-state index contributed by atoms with van der Waals surface area (Å²) in [5, 5.41) is 2.82. The summed E-state index contributed by atoms with van der Waals surface area (Å²) in [4.78, 5) is 28.4. The Bertz CT molecular complexity index is 838. The average molecular weight is 390 g/mol. The number of aryl methyl sites for hydroxylation is 1. The summed E-state index contributed by atoms with van der Waals surface area (Å²) in [6, 6.07) is 8.19. The maximum absolute atomic E-state index is 12.4. The lowest BCUT2D eigenvalue weighted by molar-refractivity contribution is -0.121. The molecule has 0 saturated carbocycles. The van der Waals surface area contributed by atoms with Crippen LogP contribution in [0.25, 0.3) is 0 Å². The van der Waals surface area contributed by atoms with Crippen molar-refractivity contribution in [2.24, 2.45) is 5.92 Å². The monoisotopic (exact) mass is 390 g/mol. The molecule has 1 N–H and O–H groups in total. The van der Waals surface area contributed by atoms with Crippen LogP contribution in [0.5, 0.6) is 5.75 Å². The van der Waals surface area contributed by atoms with Crippen molar-refractivity contribution in [3.63, 3.8) is 0 Å². The molecule has 28 heavy (non-hydrogen) atoms. The van der Waals surface area contributed by atoms with Crippen LogP contribution in [0.1, 0.15) is 41.0 Å². The number of hydrogen-bond acceptors (Lipinski definition) is 4. The van der Waals surface area contributed by atoms with Crippen LogP contribution in [0.4, 0.5) is 8.78 Å². The molecule has 1 aromatic carbocycles. The molecule has 0 atom stereocenters. The number of nitrogens with zero attached hydrogens (tertiary/aromatic N) is 1. The van der Waals surface area contributed by atoms with E-state index in [1.54, 1.807) is 30.3 Å². The molecule has 2 aromatic rings. The molecule has 150 valence electrons. The number of aromatic nitrogens is 1. The number of hydrogen-bond donors (Lipinski definition) is 1. The fourth-order valence-electron chi connectivity index (χ4n) is 2.49. The van der Waals surface area contributed by atoms with Gasteiger partial charge in [-0.25, -0.2) is 8.78 Å². The van der Waals surface area contributed by atoms with Crippen molar-refractivity contribution >= 4 is 11.7 Å². The molecule has 1 aromatic heterocycles. The van der Waals surface area contributed by atoms with Gasteiger partial charge in [-0.15, -0.1) is 0 Å². The van der Waals surface area contributed by atoms with Crippen LogP contribution in [-0.4, -0.2) is 29.7 Å². The van der Waals surface area contributed by atoms with Gasteiger partial charge in [-0.1, -0.05) is 19.9 Å². The Hall–Kier alpha value is -2.83. The lowest BCUT2D eigenvalue weighted by Gasteiger charge is -2.11. The van der Waals surface area contributed by atoms with Gasteiger partial charge >= 0.3 is 0 Å². The van der Waals surface area contributed by atoms with Crippen molar-refractivity contribution in [3.05, 3.63) is 58.9 Å². The Morgan fingerprint density at radius 3 is 2.57 bits per heavy atom. The van der Waals surface area contributed by atoms with Gasteiger partial charge in [-0.3, -0.25) is 14.6 Å². The third kappa shape index (κ3) is 6.40. The first-order valence-electron chi connectivity index (χ1n) is 9.02. The van der Waals surface area contributed by atoms with Crippen LogP contribution >= 0.6 is 0 Å². The largest absolute Gasteiger partial charge is 0.488 e. The van der Waals surface area contributed by atoms with E-state index in [9.17, 15) is 18.4 Å².